The van der Waals surface area contributed by atoms with Gasteiger partial charge in [-0.05, 0) is 44.3 Å². The van der Waals surface area contributed by atoms with Gasteiger partial charge in [-0.25, -0.2) is 0 Å². The van der Waals surface area contributed by atoms with Gasteiger partial charge in [0.2, 0.25) is 0 Å². The first-order valence-electron chi connectivity index (χ1n) is 5.80. The maximum absolute atomic E-state index is 5.72. The van der Waals surface area contributed by atoms with Crippen molar-refractivity contribution in [3.05, 3.63) is 51.9 Å². The second kappa shape index (κ2) is 6.07. The van der Waals surface area contributed by atoms with Crippen LogP contribution in [-0.4, -0.2) is 7.05 Å². The van der Waals surface area contributed by atoms with E-state index in [9.17, 15) is 0 Å². The van der Waals surface area contributed by atoms with Crippen LogP contribution in [0.1, 0.15) is 17.1 Å². The first kappa shape index (κ1) is 13.2. The Balaban J connectivity index is 1.99. The molecule has 0 aliphatic heterocycles. The highest BCUT2D eigenvalue weighted by molar-refractivity contribution is 9.10. The Hall–Kier alpha value is -1.26. The Labute approximate surface area is 115 Å². The lowest BCUT2D eigenvalue weighted by Gasteiger charge is -2.04. The first-order chi connectivity index (χ1) is 8.69. The van der Waals surface area contributed by atoms with Crippen molar-refractivity contribution < 1.29 is 9.15 Å². The fraction of sp³-hybridized carbons (Fsp3) is 0.286. The van der Waals surface area contributed by atoms with Crippen LogP contribution in [0, 0.1) is 6.92 Å². The van der Waals surface area contributed by atoms with E-state index < -0.39 is 0 Å². The van der Waals surface area contributed by atoms with Gasteiger partial charge in [0.05, 0.1) is 6.54 Å². The normalized spacial score (nSPS) is 10.6. The van der Waals surface area contributed by atoms with E-state index in [0.29, 0.717) is 6.61 Å². The second-order valence-corrected chi connectivity index (χ2v) is 4.98. The Kier molecular flexibility index (Phi) is 4.44. The lowest BCUT2D eigenvalue weighted by Crippen LogP contribution is -2.03. The molecule has 18 heavy (non-hydrogen) atoms. The fourth-order valence-electron chi connectivity index (χ4n) is 1.68. The molecule has 0 spiro atoms. The predicted octanol–water partition coefficient (Wildman–Crippen LogP) is 3.65. The molecule has 0 aliphatic carbocycles. The highest BCUT2D eigenvalue weighted by Gasteiger charge is 2.07. The molecular formula is C14H16BrNO2. The number of ether oxygens (including phenoxy) is 1. The molecule has 2 rings (SSSR count). The van der Waals surface area contributed by atoms with E-state index in [-0.39, 0.29) is 0 Å². The monoisotopic (exact) mass is 309 g/mol. The standard InChI is InChI=1S/C14H16BrNO2/c1-10-11(7-14(18-10)8-16-2)9-17-13-5-3-12(15)4-6-13/h3-7,16H,8-9H2,1-2H3. The average molecular weight is 310 g/mol. The van der Waals surface area contributed by atoms with Crippen molar-refractivity contribution in [1.82, 2.24) is 5.32 Å². The van der Waals surface area contributed by atoms with Crippen molar-refractivity contribution in [1.29, 1.82) is 0 Å². The summed E-state index contributed by atoms with van der Waals surface area (Å²) in [4.78, 5) is 0. The van der Waals surface area contributed by atoms with Gasteiger partial charge in [0.25, 0.3) is 0 Å². The van der Waals surface area contributed by atoms with Gasteiger partial charge < -0.3 is 14.5 Å². The number of nitrogens with one attached hydrogen (secondary N) is 1. The van der Waals surface area contributed by atoms with Gasteiger partial charge in [-0.2, -0.15) is 0 Å². The Morgan fingerprint density at radius 3 is 2.67 bits per heavy atom. The topological polar surface area (TPSA) is 34.4 Å². The van der Waals surface area contributed by atoms with Gasteiger partial charge in [-0.3, -0.25) is 0 Å². The molecule has 96 valence electrons. The summed E-state index contributed by atoms with van der Waals surface area (Å²) in [6, 6.07) is 9.83. The van der Waals surface area contributed by atoms with Crippen LogP contribution in [0.4, 0.5) is 0 Å². The van der Waals surface area contributed by atoms with Crippen LogP contribution >= 0.6 is 15.9 Å². The van der Waals surface area contributed by atoms with Crippen molar-refractivity contribution in [3.8, 4) is 5.75 Å². The zero-order valence-electron chi connectivity index (χ0n) is 10.5. The molecule has 0 saturated carbocycles. The first-order valence-corrected chi connectivity index (χ1v) is 6.59. The number of aryl methyl sites for hydroxylation is 1. The van der Waals surface area contributed by atoms with E-state index in [1.54, 1.807) is 0 Å². The molecule has 0 aliphatic rings. The molecule has 0 saturated heterocycles. The van der Waals surface area contributed by atoms with Gasteiger partial charge in [-0.1, -0.05) is 15.9 Å². The Morgan fingerprint density at radius 1 is 1.28 bits per heavy atom. The molecule has 0 amide bonds. The number of hydrogen-bond acceptors (Lipinski definition) is 3. The smallest absolute Gasteiger partial charge is 0.119 e. The van der Waals surface area contributed by atoms with Crippen molar-refractivity contribution >= 4 is 15.9 Å². The maximum atomic E-state index is 5.72. The van der Waals surface area contributed by atoms with Crippen LogP contribution < -0.4 is 10.1 Å². The summed E-state index contributed by atoms with van der Waals surface area (Å²) in [5.41, 5.74) is 1.09. The van der Waals surface area contributed by atoms with E-state index in [1.807, 2.05) is 44.3 Å². The van der Waals surface area contributed by atoms with E-state index in [4.69, 9.17) is 9.15 Å². The zero-order valence-corrected chi connectivity index (χ0v) is 12.1. The summed E-state index contributed by atoms with van der Waals surface area (Å²) >= 11 is 3.40. The summed E-state index contributed by atoms with van der Waals surface area (Å²) in [5, 5.41) is 3.06. The number of rotatable bonds is 5. The third-order valence-corrected chi connectivity index (χ3v) is 3.16. The van der Waals surface area contributed by atoms with Crippen LogP contribution in [0.2, 0.25) is 0 Å². The molecule has 0 fully saturated rings. The van der Waals surface area contributed by atoms with Gasteiger partial charge in [0.15, 0.2) is 0 Å². The molecule has 4 heteroatoms. The van der Waals surface area contributed by atoms with Crippen molar-refractivity contribution in [3.63, 3.8) is 0 Å². The number of benzene rings is 1. The molecular weight excluding hydrogens is 294 g/mol. The maximum Gasteiger partial charge on any atom is 0.119 e. The van der Waals surface area contributed by atoms with Crippen LogP contribution in [0.5, 0.6) is 5.75 Å². The molecule has 0 unspecified atom stereocenters. The lowest BCUT2D eigenvalue weighted by atomic mass is 10.2. The molecule has 1 heterocycles. The molecule has 3 nitrogen and oxygen atoms in total. The highest BCUT2D eigenvalue weighted by Crippen LogP contribution is 2.20. The Morgan fingerprint density at radius 2 is 2.00 bits per heavy atom. The van der Waals surface area contributed by atoms with Crippen LogP contribution in [0.3, 0.4) is 0 Å². The third-order valence-electron chi connectivity index (χ3n) is 2.63. The van der Waals surface area contributed by atoms with Gasteiger partial charge in [-0.15, -0.1) is 0 Å². The van der Waals surface area contributed by atoms with Crippen molar-refractivity contribution in [2.45, 2.75) is 20.1 Å². The SMILES string of the molecule is CNCc1cc(COc2ccc(Br)cc2)c(C)o1. The molecule has 1 aromatic heterocycles. The van der Waals surface area contributed by atoms with E-state index in [0.717, 1.165) is 33.9 Å². The van der Waals surface area contributed by atoms with Gasteiger partial charge in [0.1, 0.15) is 23.9 Å². The van der Waals surface area contributed by atoms with Crippen molar-refractivity contribution in [2.24, 2.45) is 0 Å². The Bertz CT molecular complexity index is 505. The predicted molar refractivity (Wildman–Crippen MR) is 74.7 cm³/mol. The number of halogens is 1. The molecule has 0 atom stereocenters. The van der Waals surface area contributed by atoms with Gasteiger partial charge in [0, 0.05) is 10.0 Å². The number of furan rings is 1. The molecule has 0 radical (unpaired) electrons. The molecule has 1 aromatic carbocycles. The summed E-state index contributed by atoms with van der Waals surface area (Å²) in [5.74, 6) is 2.70. The lowest BCUT2D eigenvalue weighted by molar-refractivity contribution is 0.303. The summed E-state index contributed by atoms with van der Waals surface area (Å²) < 4.78 is 12.4. The van der Waals surface area contributed by atoms with E-state index in [2.05, 4.69) is 21.2 Å². The average Bonchev–Trinajstić information content (AvgIpc) is 2.70. The van der Waals surface area contributed by atoms with Crippen LogP contribution in [0.15, 0.2) is 39.2 Å². The van der Waals surface area contributed by atoms with Gasteiger partial charge >= 0.3 is 0 Å². The second-order valence-electron chi connectivity index (χ2n) is 4.07. The van der Waals surface area contributed by atoms with E-state index in [1.165, 1.54) is 0 Å². The minimum atomic E-state index is 0.528. The molecule has 2 aromatic rings. The quantitative estimate of drug-likeness (QED) is 0.915. The molecule has 0 bridgehead atoms. The minimum absolute atomic E-state index is 0.528. The summed E-state index contributed by atoms with van der Waals surface area (Å²) in [7, 11) is 1.90. The largest absolute Gasteiger partial charge is 0.489 e. The van der Waals surface area contributed by atoms with Crippen molar-refractivity contribution in [2.75, 3.05) is 7.05 Å². The van der Waals surface area contributed by atoms with Crippen LogP contribution in [-0.2, 0) is 13.2 Å². The summed E-state index contributed by atoms with van der Waals surface area (Å²) in [6.07, 6.45) is 0. The fourth-order valence-corrected chi connectivity index (χ4v) is 1.95. The third kappa shape index (κ3) is 3.37. The molecule has 1 N–H and O–H groups in total. The highest BCUT2D eigenvalue weighted by atomic mass is 79.9. The van der Waals surface area contributed by atoms with Crippen LogP contribution in [0.25, 0.3) is 0 Å². The zero-order chi connectivity index (χ0) is 13.0. The summed E-state index contributed by atoms with van der Waals surface area (Å²) in [6.45, 7) is 3.22. The van der Waals surface area contributed by atoms with E-state index >= 15 is 0 Å². The minimum Gasteiger partial charge on any atom is -0.489 e. The number of hydrogen-bond donors (Lipinski definition) is 1.